The van der Waals surface area contributed by atoms with Crippen LogP contribution in [0.3, 0.4) is 0 Å². The third-order valence-corrected chi connectivity index (χ3v) is 7.55. The SMILES string of the molecule is C=CC1(CO)C=C2CCC3C(C)(C)C(O)CCC3(C)C2CC1. The van der Waals surface area contributed by atoms with Gasteiger partial charge in [0.25, 0.3) is 0 Å². The highest BCUT2D eigenvalue weighted by molar-refractivity contribution is 5.27. The van der Waals surface area contributed by atoms with Crippen LogP contribution in [0.2, 0.25) is 0 Å². The van der Waals surface area contributed by atoms with Crippen LogP contribution in [0.5, 0.6) is 0 Å². The van der Waals surface area contributed by atoms with E-state index in [0.29, 0.717) is 17.3 Å². The summed E-state index contributed by atoms with van der Waals surface area (Å²) in [4.78, 5) is 0. The zero-order valence-corrected chi connectivity index (χ0v) is 14.4. The molecule has 3 rings (SSSR count). The first-order chi connectivity index (χ1) is 10.3. The molecule has 3 aliphatic carbocycles. The van der Waals surface area contributed by atoms with Gasteiger partial charge in [0.05, 0.1) is 12.7 Å². The number of aliphatic hydroxyl groups excluding tert-OH is 2. The van der Waals surface area contributed by atoms with Gasteiger partial charge in [0.15, 0.2) is 0 Å². The Hall–Kier alpha value is -0.600. The number of hydrogen-bond acceptors (Lipinski definition) is 2. The van der Waals surface area contributed by atoms with E-state index in [1.54, 1.807) is 5.57 Å². The lowest BCUT2D eigenvalue weighted by Gasteiger charge is -2.61. The molecule has 2 fully saturated rings. The molecule has 0 aromatic rings. The first-order valence-electron chi connectivity index (χ1n) is 8.93. The van der Waals surface area contributed by atoms with Crippen molar-refractivity contribution in [1.82, 2.24) is 0 Å². The van der Waals surface area contributed by atoms with E-state index < -0.39 is 0 Å². The summed E-state index contributed by atoms with van der Waals surface area (Å²) in [6.07, 6.45) is 10.6. The van der Waals surface area contributed by atoms with Crippen LogP contribution in [-0.4, -0.2) is 22.9 Å². The molecule has 2 saturated carbocycles. The van der Waals surface area contributed by atoms with Gasteiger partial charge in [0.1, 0.15) is 0 Å². The summed E-state index contributed by atoms with van der Waals surface area (Å²) < 4.78 is 0. The lowest BCUT2D eigenvalue weighted by Crippen LogP contribution is -2.55. The molecule has 0 amide bonds. The zero-order valence-electron chi connectivity index (χ0n) is 14.4. The molecule has 0 aromatic carbocycles. The molecule has 2 nitrogen and oxygen atoms in total. The molecule has 0 bridgehead atoms. The topological polar surface area (TPSA) is 40.5 Å². The minimum atomic E-state index is -0.196. The second kappa shape index (κ2) is 5.21. The second-order valence-corrected chi connectivity index (χ2v) is 8.88. The fourth-order valence-electron chi connectivity index (χ4n) is 6.00. The van der Waals surface area contributed by atoms with Crippen LogP contribution in [0, 0.1) is 28.1 Å². The summed E-state index contributed by atoms with van der Waals surface area (Å²) in [5, 5.41) is 20.3. The maximum Gasteiger partial charge on any atom is 0.0594 e. The second-order valence-electron chi connectivity index (χ2n) is 8.88. The van der Waals surface area contributed by atoms with Crippen LogP contribution in [0.15, 0.2) is 24.3 Å². The molecule has 5 unspecified atom stereocenters. The molecule has 3 aliphatic rings. The highest BCUT2D eigenvalue weighted by atomic mass is 16.3. The standard InChI is InChI=1S/C20H32O2/c1-5-20(13-21)11-8-15-14(12-20)6-7-16-18(2,3)17(22)9-10-19(15,16)4/h5,12,15-17,21-22H,1,6-11,13H2,2-4H3. The lowest BCUT2D eigenvalue weighted by atomic mass is 9.45. The highest BCUT2D eigenvalue weighted by Crippen LogP contribution is 2.63. The van der Waals surface area contributed by atoms with Crippen molar-refractivity contribution in [2.24, 2.45) is 28.1 Å². The zero-order chi connectivity index (χ0) is 16.2. The molecule has 2 heteroatoms. The Kier molecular flexibility index (Phi) is 3.85. The summed E-state index contributed by atoms with van der Waals surface area (Å²) in [7, 11) is 0. The van der Waals surface area contributed by atoms with Crippen molar-refractivity contribution in [3.8, 4) is 0 Å². The van der Waals surface area contributed by atoms with Gasteiger partial charge in [-0.1, -0.05) is 38.5 Å². The first kappa shape index (κ1) is 16.3. The van der Waals surface area contributed by atoms with Crippen LogP contribution in [0.25, 0.3) is 0 Å². The summed E-state index contributed by atoms with van der Waals surface area (Å²) in [5.74, 6) is 1.22. The van der Waals surface area contributed by atoms with Crippen molar-refractivity contribution < 1.29 is 10.2 Å². The van der Waals surface area contributed by atoms with E-state index in [1.807, 2.05) is 6.08 Å². The maximum atomic E-state index is 10.5. The van der Waals surface area contributed by atoms with Crippen molar-refractivity contribution in [2.75, 3.05) is 6.61 Å². The predicted molar refractivity (Wildman–Crippen MR) is 90.4 cm³/mol. The van der Waals surface area contributed by atoms with E-state index in [4.69, 9.17) is 0 Å². The summed E-state index contributed by atoms with van der Waals surface area (Å²) in [6.45, 7) is 11.1. The van der Waals surface area contributed by atoms with Crippen molar-refractivity contribution in [2.45, 2.75) is 65.4 Å². The van der Waals surface area contributed by atoms with Crippen molar-refractivity contribution in [3.63, 3.8) is 0 Å². The third-order valence-electron chi connectivity index (χ3n) is 7.55. The van der Waals surface area contributed by atoms with Gasteiger partial charge in [-0.2, -0.15) is 0 Å². The number of aliphatic hydroxyl groups is 2. The average Bonchev–Trinajstić information content (AvgIpc) is 2.51. The normalized spacial score (nSPS) is 47.1. The molecule has 0 aromatic heterocycles. The molecular weight excluding hydrogens is 272 g/mol. The van der Waals surface area contributed by atoms with Crippen LogP contribution < -0.4 is 0 Å². The van der Waals surface area contributed by atoms with E-state index in [-0.39, 0.29) is 23.5 Å². The van der Waals surface area contributed by atoms with E-state index in [1.165, 1.54) is 6.42 Å². The Labute approximate surface area is 135 Å². The molecule has 0 saturated heterocycles. The molecule has 0 heterocycles. The summed E-state index contributed by atoms with van der Waals surface area (Å²) >= 11 is 0. The maximum absolute atomic E-state index is 10.5. The van der Waals surface area contributed by atoms with Gasteiger partial charge in [0, 0.05) is 5.41 Å². The Morgan fingerprint density at radius 2 is 1.95 bits per heavy atom. The summed E-state index contributed by atoms with van der Waals surface area (Å²) in [6, 6.07) is 0. The monoisotopic (exact) mass is 304 g/mol. The van der Waals surface area contributed by atoms with Crippen molar-refractivity contribution in [3.05, 3.63) is 24.3 Å². The first-order valence-corrected chi connectivity index (χ1v) is 8.93. The highest BCUT2D eigenvalue weighted by Gasteiger charge is 2.57. The summed E-state index contributed by atoms with van der Waals surface area (Å²) in [5.41, 5.74) is 1.67. The van der Waals surface area contributed by atoms with Crippen LogP contribution in [0.4, 0.5) is 0 Å². The van der Waals surface area contributed by atoms with Gasteiger partial charge in [-0.15, -0.1) is 6.58 Å². The van der Waals surface area contributed by atoms with Gasteiger partial charge >= 0.3 is 0 Å². The predicted octanol–water partition coefficient (Wildman–Crippen LogP) is 4.08. The van der Waals surface area contributed by atoms with E-state index in [2.05, 4.69) is 33.4 Å². The van der Waals surface area contributed by atoms with Gasteiger partial charge in [-0.3, -0.25) is 0 Å². The van der Waals surface area contributed by atoms with Crippen LogP contribution in [-0.2, 0) is 0 Å². The largest absolute Gasteiger partial charge is 0.395 e. The minimum absolute atomic E-state index is 0.0164. The smallest absolute Gasteiger partial charge is 0.0594 e. The molecule has 22 heavy (non-hydrogen) atoms. The number of hydrogen-bond donors (Lipinski definition) is 2. The lowest BCUT2D eigenvalue weighted by molar-refractivity contribution is -0.127. The van der Waals surface area contributed by atoms with Crippen LogP contribution >= 0.6 is 0 Å². The van der Waals surface area contributed by atoms with Crippen molar-refractivity contribution >= 4 is 0 Å². The molecule has 0 radical (unpaired) electrons. The third kappa shape index (κ3) is 2.14. The molecular formula is C20H32O2. The number of fused-ring (bicyclic) bond motifs is 3. The number of rotatable bonds is 2. The van der Waals surface area contributed by atoms with Crippen LogP contribution in [0.1, 0.15) is 59.3 Å². The van der Waals surface area contributed by atoms with Crippen molar-refractivity contribution in [1.29, 1.82) is 0 Å². The van der Waals surface area contributed by atoms with Gasteiger partial charge in [-0.25, -0.2) is 0 Å². The number of allylic oxidation sites excluding steroid dienone is 1. The quantitative estimate of drug-likeness (QED) is 0.755. The molecule has 0 spiro atoms. The Balaban J connectivity index is 1.97. The van der Waals surface area contributed by atoms with Gasteiger partial charge in [0.2, 0.25) is 0 Å². The molecule has 0 aliphatic heterocycles. The van der Waals surface area contributed by atoms with E-state index >= 15 is 0 Å². The van der Waals surface area contributed by atoms with Gasteiger partial charge in [-0.05, 0) is 61.2 Å². The van der Waals surface area contributed by atoms with E-state index in [9.17, 15) is 10.2 Å². The molecule has 124 valence electrons. The van der Waals surface area contributed by atoms with E-state index in [0.717, 1.165) is 32.1 Å². The Bertz CT molecular complexity index is 492. The fraction of sp³-hybridized carbons (Fsp3) is 0.800. The Morgan fingerprint density at radius 1 is 1.23 bits per heavy atom. The Morgan fingerprint density at radius 3 is 2.59 bits per heavy atom. The minimum Gasteiger partial charge on any atom is -0.395 e. The van der Waals surface area contributed by atoms with Gasteiger partial charge < -0.3 is 10.2 Å². The average molecular weight is 304 g/mol. The fourth-order valence-corrected chi connectivity index (χ4v) is 6.00. The molecule has 5 atom stereocenters. The molecule has 2 N–H and O–H groups in total.